The topological polar surface area (TPSA) is 46.6 Å². The average Bonchev–Trinajstić information content (AvgIpc) is 2.42. The summed E-state index contributed by atoms with van der Waals surface area (Å²) >= 11 is 0. The van der Waals surface area contributed by atoms with Crippen molar-refractivity contribution in [1.82, 2.24) is 4.90 Å². The van der Waals surface area contributed by atoms with E-state index in [2.05, 4.69) is 12.1 Å². The molecule has 1 aromatic rings. The highest BCUT2D eigenvalue weighted by Crippen LogP contribution is 2.18. The number of nitrogens with zero attached hydrogens (tertiary/aromatic N) is 1. The Labute approximate surface area is 113 Å². The molecule has 102 valence electrons. The fourth-order valence-corrected chi connectivity index (χ4v) is 2.28. The number of carbonyl (C=O) groups excluding carboxylic acids is 2. The van der Waals surface area contributed by atoms with E-state index in [1.54, 1.807) is 6.92 Å². The van der Waals surface area contributed by atoms with Gasteiger partial charge in [-0.2, -0.15) is 0 Å². The van der Waals surface area contributed by atoms with Gasteiger partial charge in [-0.1, -0.05) is 30.3 Å². The molecule has 0 bridgehead atoms. The van der Waals surface area contributed by atoms with Crippen LogP contribution in [0.5, 0.6) is 0 Å². The molecule has 1 aromatic carbocycles. The third kappa shape index (κ3) is 3.64. The molecule has 1 aliphatic rings. The van der Waals surface area contributed by atoms with Gasteiger partial charge in [0.1, 0.15) is 0 Å². The van der Waals surface area contributed by atoms with E-state index in [0.717, 1.165) is 13.0 Å². The predicted molar refractivity (Wildman–Crippen MR) is 71.8 cm³/mol. The first-order chi connectivity index (χ1) is 9.20. The standard InChI is InChI=1S/C15H19NO3/c1-2-19-15(18)10-13-14(17)11-16(13)9-8-12-6-4-3-5-7-12/h3-7,13H,2,8-11H2,1H3. The van der Waals surface area contributed by atoms with Gasteiger partial charge >= 0.3 is 5.97 Å². The van der Waals surface area contributed by atoms with Crippen molar-refractivity contribution in [1.29, 1.82) is 0 Å². The zero-order chi connectivity index (χ0) is 13.7. The highest BCUT2D eigenvalue weighted by Gasteiger charge is 2.38. The number of rotatable bonds is 6. The molecule has 4 nitrogen and oxygen atoms in total. The van der Waals surface area contributed by atoms with Crippen LogP contribution in [0.4, 0.5) is 0 Å². The molecule has 4 heteroatoms. The van der Waals surface area contributed by atoms with E-state index in [-0.39, 0.29) is 24.2 Å². The van der Waals surface area contributed by atoms with Gasteiger partial charge in [0.2, 0.25) is 0 Å². The third-order valence-electron chi connectivity index (χ3n) is 3.37. The van der Waals surface area contributed by atoms with E-state index in [9.17, 15) is 9.59 Å². The summed E-state index contributed by atoms with van der Waals surface area (Å²) in [6.45, 7) is 3.40. The number of esters is 1. The molecule has 0 radical (unpaired) electrons. The maximum Gasteiger partial charge on any atom is 0.307 e. The fourth-order valence-electron chi connectivity index (χ4n) is 2.28. The van der Waals surface area contributed by atoms with E-state index in [4.69, 9.17) is 4.74 Å². The second kappa shape index (κ2) is 6.48. The van der Waals surface area contributed by atoms with Gasteiger partial charge < -0.3 is 4.74 Å². The van der Waals surface area contributed by atoms with Gasteiger partial charge in [0.25, 0.3) is 0 Å². The Hall–Kier alpha value is -1.68. The first-order valence-electron chi connectivity index (χ1n) is 6.67. The number of hydrogen-bond donors (Lipinski definition) is 0. The Kier molecular flexibility index (Phi) is 4.68. The normalized spacial score (nSPS) is 19.0. The Morgan fingerprint density at radius 3 is 2.74 bits per heavy atom. The van der Waals surface area contributed by atoms with Gasteiger partial charge in [-0.3, -0.25) is 14.5 Å². The molecule has 1 saturated heterocycles. The Morgan fingerprint density at radius 1 is 1.37 bits per heavy atom. The molecular formula is C15H19NO3. The summed E-state index contributed by atoms with van der Waals surface area (Å²) in [6.07, 6.45) is 1.08. The summed E-state index contributed by atoms with van der Waals surface area (Å²) in [6, 6.07) is 9.87. The van der Waals surface area contributed by atoms with Gasteiger partial charge in [0.05, 0.1) is 25.6 Å². The van der Waals surface area contributed by atoms with Crippen molar-refractivity contribution in [2.45, 2.75) is 25.8 Å². The lowest BCUT2D eigenvalue weighted by Crippen LogP contribution is -2.58. The lowest BCUT2D eigenvalue weighted by atomic mass is 9.97. The molecule has 1 fully saturated rings. The number of ketones is 1. The summed E-state index contributed by atoms with van der Waals surface area (Å²) < 4.78 is 4.89. The number of ether oxygens (including phenoxy) is 1. The van der Waals surface area contributed by atoms with Crippen molar-refractivity contribution >= 4 is 11.8 Å². The molecule has 19 heavy (non-hydrogen) atoms. The summed E-state index contributed by atoms with van der Waals surface area (Å²) in [5, 5.41) is 0. The smallest absolute Gasteiger partial charge is 0.307 e. The van der Waals surface area contributed by atoms with Crippen LogP contribution in [-0.2, 0) is 20.7 Å². The Bertz CT molecular complexity index is 444. The lowest BCUT2D eigenvalue weighted by Gasteiger charge is -2.38. The summed E-state index contributed by atoms with van der Waals surface area (Å²) in [5.74, 6) is -0.147. The quantitative estimate of drug-likeness (QED) is 0.727. The van der Waals surface area contributed by atoms with Crippen molar-refractivity contribution in [3.63, 3.8) is 0 Å². The van der Waals surface area contributed by atoms with Gasteiger partial charge in [-0.15, -0.1) is 0 Å². The maximum atomic E-state index is 11.5. The fraction of sp³-hybridized carbons (Fsp3) is 0.467. The first kappa shape index (κ1) is 13.7. The number of benzene rings is 1. The largest absolute Gasteiger partial charge is 0.466 e. The molecule has 0 spiro atoms. The SMILES string of the molecule is CCOC(=O)CC1C(=O)CN1CCc1ccccc1. The number of hydrogen-bond acceptors (Lipinski definition) is 4. The molecule has 0 amide bonds. The van der Waals surface area contributed by atoms with Crippen molar-refractivity contribution in [3.8, 4) is 0 Å². The monoisotopic (exact) mass is 261 g/mol. The maximum absolute atomic E-state index is 11.5. The van der Waals surface area contributed by atoms with E-state index in [1.165, 1.54) is 5.56 Å². The van der Waals surface area contributed by atoms with E-state index >= 15 is 0 Å². The summed E-state index contributed by atoms with van der Waals surface area (Å²) in [7, 11) is 0. The van der Waals surface area contributed by atoms with Crippen LogP contribution in [0.25, 0.3) is 0 Å². The van der Waals surface area contributed by atoms with Gasteiger partial charge in [-0.05, 0) is 18.9 Å². The third-order valence-corrected chi connectivity index (χ3v) is 3.37. The van der Waals surface area contributed by atoms with Crippen LogP contribution in [-0.4, -0.2) is 42.4 Å². The minimum Gasteiger partial charge on any atom is -0.466 e. The molecule has 1 aliphatic heterocycles. The van der Waals surface area contributed by atoms with Crippen molar-refractivity contribution in [3.05, 3.63) is 35.9 Å². The van der Waals surface area contributed by atoms with Crippen LogP contribution < -0.4 is 0 Å². The molecule has 1 heterocycles. The second-order valence-corrected chi connectivity index (χ2v) is 4.70. The van der Waals surface area contributed by atoms with Crippen molar-refractivity contribution in [2.24, 2.45) is 0 Å². The minimum absolute atomic E-state index is 0.140. The lowest BCUT2D eigenvalue weighted by molar-refractivity contribution is -0.151. The second-order valence-electron chi connectivity index (χ2n) is 4.70. The predicted octanol–water partition coefficient (Wildman–Crippen LogP) is 1.44. The van der Waals surface area contributed by atoms with Crippen LogP contribution in [0, 0.1) is 0 Å². The molecule has 0 N–H and O–H groups in total. The highest BCUT2D eigenvalue weighted by molar-refractivity contribution is 5.94. The van der Waals surface area contributed by atoms with Gasteiger partial charge in [0, 0.05) is 6.54 Å². The molecular weight excluding hydrogens is 242 g/mol. The van der Waals surface area contributed by atoms with Crippen molar-refractivity contribution < 1.29 is 14.3 Å². The molecule has 1 atom stereocenters. The van der Waals surface area contributed by atoms with E-state index < -0.39 is 0 Å². The van der Waals surface area contributed by atoms with Crippen LogP contribution in [0.1, 0.15) is 18.9 Å². The molecule has 0 aromatic heterocycles. The zero-order valence-corrected chi connectivity index (χ0v) is 11.2. The first-order valence-corrected chi connectivity index (χ1v) is 6.67. The van der Waals surface area contributed by atoms with Gasteiger partial charge in [-0.25, -0.2) is 0 Å². The van der Waals surface area contributed by atoms with E-state index in [1.807, 2.05) is 23.1 Å². The van der Waals surface area contributed by atoms with Crippen LogP contribution in [0.3, 0.4) is 0 Å². The Balaban J connectivity index is 1.81. The summed E-state index contributed by atoms with van der Waals surface area (Å²) in [4.78, 5) is 25.0. The number of Topliss-reactive ketones (excluding diaryl/α,β-unsaturated/α-hetero) is 1. The van der Waals surface area contributed by atoms with Crippen molar-refractivity contribution in [2.75, 3.05) is 19.7 Å². The molecule has 0 saturated carbocycles. The minimum atomic E-state index is -0.287. The van der Waals surface area contributed by atoms with E-state index in [0.29, 0.717) is 13.2 Å². The molecule has 1 unspecified atom stereocenters. The van der Waals surface area contributed by atoms with Crippen LogP contribution >= 0.6 is 0 Å². The molecule has 2 rings (SSSR count). The van der Waals surface area contributed by atoms with Gasteiger partial charge in [0.15, 0.2) is 5.78 Å². The Morgan fingerprint density at radius 2 is 2.11 bits per heavy atom. The average molecular weight is 261 g/mol. The van der Waals surface area contributed by atoms with Crippen LogP contribution in [0.15, 0.2) is 30.3 Å². The molecule has 0 aliphatic carbocycles. The number of carbonyl (C=O) groups is 2. The van der Waals surface area contributed by atoms with Crippen LogP contribution in [0.2, 0.25) is 0 Å². The zero-order valence-electron chi connectivity index (χ0n) is 11.2. The summed E-state index contributed by atoms with van der Waals surface area (Å²) in [5.41, 5.74) is 1.25. The number of likely N-dealkylation sites (tertiary alicyclic amines) is 1. The highest BCUT2D eigenvalue weighted by atomic mass is 16.5.